The van der Waals surface area contributed by atoms with Crippen LogP contribution in [0.4, 0.5) is 0 Å². The van der Waals surface area contributed by atoms with E-state index in [9.17, 15) is 5.11 Å². The third-order valence-corrected chi connectivity index (χ3v) is 5.66. The van der Waals surface area contributed by atoms with Crippen LogP contribution in [0.5, 0.6) is 5.75 Å². The molecule has 0 amide bonds. The number of piperazine rings is 1. The van der Waals surface area contributed by atoms with Gasteiger partial charge in [0.05, 0.1) is 7.11 Å². The molecule has 24 heavy (non-hydrogen) atoms. The van der Waals surface area contributed by atoms with E-state index in [0.717, 1.165) is 44.4 Å². The summed E-state index contributed by atoms with van der Waals surface area (Å²) in [6, 6.07) is 9.62. The van der Waals surface area contributed by atoms with Crippen LogP contribution >= 0.6 is 0 Å². The molecule has 3 rings (SSSR count). The first-order valence-electron chi connectivity index (χ1n) is 9.52. The van der Waals surface area contributed by atoms with Crippen molar-refractivity contribution in [2.75, 3.05) is 33.4 Å². The number of ether oxygens (including phenoxy) is 1. The van der Waals surface area contributed by atoms with Crippen LogP contribution in [-0.2, 0) is 6.54 Å². The van der Waals surface area contributed by atoms with Crippen LogP contribution in [0.2, 0.25) is 0 Å². The molecule has 1 aromatic rings. The fourth-order valence-corrected chi connectivity index (χ4v) is 4.41. The van der Waals surface area contributed by atoms with Gasteiger partial charge in [-0.3, -0.25) is 9.80 Å². The number of rotatable bonds is 6. The number of methoxy groups -OCH3 is 1. The first-order valence-corrected chi connectivity index (χ1v) is 9.52. The largest absolute Gasteiger partial charge is 0.497 e. The molecule has 2 aliphatic rings. The molecule has 1 aliphatic heterocycles. The maximum atomic E-state index is 9.52. The Bertz CT molecular complexity index is 502. The summed E-state index contributed by atoms with van der Waals surface area (Å²) < 4.78 is 5.34. The summed E-state index contributed by atoms with van der Waals surface area (Å²) in [4.78, 5) is 5.24. The molecule has 134 valence electrons. The molecule has 0 aromatic heterocycles. The van der Waals surface area contributed by atoms with Gasteiger partial charge in [-0.2, -0.15) is 0 Å². The van der Waals surface area contributed by atoms with E-state index in [-0.39, 0.29) is 0 Å². The lowest BCUT2D eigenvalue weighted by atomic mass is 9.91. The van der Waals surface area contributed by atoms with Crippen molar-refractivity contribution in [3.8, 4) is 5.75 Å². The van der Waals surface area contributed by atoms with Crippen molar-refractivity contribution in [1.29, 1.82) is 0 Å². The van der Waals surface area contributed by atoms with Crippen molar-refractivity contribution in [2.24, 2.45) is 0 Å². The van der Waals surface area contributed by atoms with Gasteiger partial charge in [-0.1, -0.05) is 31.4 Å². The Morgan fingerprint density at radius 1 is 1.17 bits per heavy atom. The quantitative estimate of drug-likeness (QED) is 0.869. The van der Waals surface area contributed by atoms with E-state index in [1.807, 2.05) is 6.07 Å². The van der Waals surface area contributed by atoms with E-state index in [0.29, 0.717) is 12.6 Å². The highest BCUT2D eigenvalue weighted by atomic mass is 16.5. The average Bonchev–Trinajstić information content (AvgIpc) is 2.63. The minimum atomic E-state index is 0.293. The van der Waals surface area contributed by atoms with Gasteiger partial charge in [0, 0.05) is 44.9 Å². The van der Waals surface area contributed by atoms with Gasteiger partial charge in [-0.25, -0.2) is 0 Å². The highest BCUT2D eigenvalue weighted by Gasteiger charge is 2.32. The summed E-state index contributed by atoms with van der Waals surface area (Å²) in [5.74, 6) is 0.931. The second kappa shape index (κ2) is 8.84. The second-order valence-electron chi connectivity index (χ2n) is 7.28. The second-order valence-corrected chi connectivity index (χ2v) is 7.28. The smallest absolute Gasteiger partial charge is 0.119 e. The summed E-state index contributed by atoms with van der Waals surface area (Å²) >= 11 is 0. The molecule has 1 aromatic carbocycles. The van der Waals surface area contributed by atoms with Gasteiger partial charge in [0.15, 0.2) is 0 Å². The SMILES string of the molecule is COc1cccc(CN2CCN(C3CCCCC3)[C@@H](CCO)C2)c1. The Kier molecular flexibility index (Phi) is 6.52. The van der Waals surface area contributed by atoms with E-state index in [1.54, 1.807) is 7.11 Å². The van der Waals surface area contributed by atoms with E-state index in [4.69, 9.17) is 4.74 Å². The van der Waals surface area contributed by atoms with Crippen LogP contribution in [-0.4, -0.2) is 60.3 Å². The monoisotopic (exact) mass is 332 g/mol. The number of aliphatic hydroxyl groups excluding tert-OH is 1. The van der Waals surface area contributed by atoms with Crippen molar-refractivity contribution >= 4 is 0 Å². The third kappa shape index (κ3) is 4.50. The van der Waals surface area contributed by atoms with Gasteiger partial charge in [0.25, 0.3) is 0 Å². The van der Waals surface area contributed by atoms with E-state index >= 15 is 0 Å². The Morgan fingerprint density at radius 2 is 2.00 bits per heavy atom. The molecule has 1 N–H and O–H groups in total. The molecule has 0 radical (unpaired) electrons. The van der Waals surface area contributed by atoms with Crippen molar-refractivity contribution in [1.82, 2.24) is 9.80 Å². The molecule has 0 spiro atoms. The zero-order valence-electron chi connectivity index (χ0n) is 15.0. The highest BCUT2D eigenvalue weighted by molar-refractivity contribution is 5.28. The number of hydrogen-bond donors (Lipinski definition) is 1. The van der Waals surface area contributed by atoms with Gasteiger partial charge < -0.3 is 9.84 Å². The topological polar surface area (TPSA) is 35.9 Å². The molecule has 4 nitrogen and oxygen atoms in total. The van der Waals surface area contributed by atoms with Gasteiger partial charge in [-0.05, 0) is 37.0 Å². The zero-order valence-corrected chi connectivity index (χ0v) is 15.0. The Hall–Kier alpha value is -1.10. The molecule has 0 unspecified atom stereocenters. The number of aliphatic hydroxyl groups is 1. The van der Waals surface area contributed by atoms with Gasteiger partial charge in [0.2, 0.25) is 0 Å². The van der Waals surface area contributed by atoms with Crippen molar-refractivity contribution in [3.63, 3.8) is 0 Å². The minimum Gasteiger partial charge on any atom is -0.497 e. The predicted molar refractivity (Wildman–Crippen MR) is 97.3 cm³/mol. The molecular weight excluding hydrogens is 300 g/mol. The lowest BCUT2D eigenvalue weighted by Gasteiger charge is -2.46. The fraction of sp³-hybridized carbons (Fsp3) is 0.700. The number of benzene rings is 1. The molecule has 0 bridgehead atoms. The van der Waals surface area contributed by atoms with Crippen LogP contribution in [0.25, 0.3) is 0 Å². The Labute approximate surface area is 146 Å². The maximum absolute atomic E-state index is 9.52. The fourth-order valence-electron chi connectivity index (χ4n) is 4.41. The van der Waals surface area contributed by atoms with Gasteiger partial charge in [-0.15, -0.1) is 0 Å². The summed E-state index contributed by atoms with van der Waals surface area (Å²) in [7, 11) is 1.72. The third-order valence-electron chi connectivity index (χ3n) is 5.66. The van der Waals surface area contributed by atoms with E-state index in [2.05, 4.69) is 28.0 Å². The first-order chi connectivity index (χ1) is 11.8. The maximum Gasteiger partial charge on any atom is 0.119 e. The van der Waals surface area contributed by atoms with Crippen LogP contribution < -0.4 is 4.74 Å². The summed E-state index contributed by atoms with van der Waals surface area (Å²) in [5, 5.41) is 9.52. The molecule has 4 heteroatoms. The molecule has 2 fully saturated rings. The van der Waals surface area contributed by atoms with Gasteiger partial charge >= 0.3 is 0 Å². The molecule has 1 saturated carbocycles. The highest BCUT2D eigenvalue weighted by Crippen LogP contribution is 2.27. The lowest BCUT2D eigenvalue weighted by molar-refractivity contribution is 0.0136. The van der Waals surface area contributed by atoms with Crippen molar-refractivity contribution in [2.45, 2.75) is 57.2 Å². The van der Waals surface area contributed by atoms with Crippen LogP contribution in [0, 0.1) is 0 Å². The summed E-state index contributed by atoms with van der Waals surface area (Å²) in [6.45, 7) is 4.59. The number of nitrogens with zero attached hydrogens (tertiary/aromatic N) is 2. The Morgan fingerprint density at radius 3 is 2.75 bits per heavy atom. The molecule has 1 atom stereocenters. The van der Waals surface area contributed by atoms with Crippen molar-refractivity contribution in [3.05, 3.63) is 29.8 Å². The van der Waals surface area contributed by atoms with Crippen molar-refractivity contribution < 1.29 is 9.84 Å². The minimum absolute atomic E-state index is 0.293. The molecular formula is C20H32N2O2. The standard InChI is InChI=1S/C20H32N2O2/c1-24-20-9-5-6-17(14-20)15-21-11-12-22(19(16-21)10-13-23)18-7-3-2-4-8-18/h5-6,9,14,18-19,23H,2-4,7-8,10-13,15-16H2,1H3/t19-/m0/s1. The van der Waals surface area contributed by atoms with Gasteiger partial charge in [0.1, 0.15) is 5.75 Å². The summed E-state index contributed by atoms with van der Waals surface area (Å²) in [6.07, 6.45) is 7.73. The first kappa shape index (κ1) is 17.7. The van der Waals surface area contributed by atoms with Crippen LogP contribution in [0.15, 0.2) is 24.3 Å². The normalized spacial score (nSPS) is 24.2. The number of hydrogen-bond acceptors (Lipinski definition) is 4. The summed E-state index contributed by atoms with van der Waals surface area (Å²) in [5.41, 5.74) is 1.31. The van der Waals surface area contributed by atoms with Crippen LogP contribution in [0.1, 0.15) is 44.1 Å². The van der Waals surface area contributed by atoms with Crippen LogP contribution in [0.3, 0.4) is 0 Å². The average molecular weight is 332 g/mol. The molecule has 1 aliphatic carbocycles. The zero-order chi connectivity index (χ0) is 16.8. The van der Waals surface area contributed by atoms with E-state index < -0.39 is 0 Å². The lowest BCUT2D eigenvalue weighted by Crippen LogP contribution is -2.56. The predicted octanol–water partition coefficient (Wildman–Crippen LogP) is 2.90. The molecule has 1 saturated heterocycles. The Balaban J connectivity index is 1.61. The van der Waals surface area contributed by atoms with E-state index in [1.165, 1.54) is 37.7 Å². The molecule has 1 heterocycles.